The zero-order valence-electron chi connectivity index (χ0n) is 20.6. The number of halogens is 1. The zero-order valence-corrected chi connectivity index (χ0v) is 21.4. The van der Waals surface area contributed by atoms with Crippen LogP contribution in [0.2, 0.25) is 5.02 Å². The first-order valence-corrected chi connectivity index (χ1v) is 12.0. The van der Waals surface area contributed by atoms with Gasteiger partial charge in [0.15, 0.2) is 0 Å². The molecule has 8 heteroatoms. The Morgan fingerprint density at radius 2 is 1.74 bits per heavy atom. The van der Waals surface area contributed by atoms with Crippen LogP contribution in [0.3, 0.4) is 0 Å². The molecule has 0 aliphatic carbocycles. The van der Waals surface area contributed by atoms with Crippen molar-refractivity contribution in [3.8, 4) is 0 Å². The largest absolute Gasteiger partial charge is 0.447 e. The molecule has 1 aliphatic heterocycles. The predicted octanol–water partition coefficient (Wildman–Crippen LogP) is 5.69. The Morgan fingerprint density at radius 3 is 2.31 bits per heavy atom. The Bertz CT molecular complexity index is 1050. The number of carbonyl (C=O) groups is 3. The van der Waals surface area contributed by atoms with Crippen LogP contribution in [0.1, 0.15) is 57.6 Å². The molecule has 0 radical (unpaired) electrons. The van der Waals surface area contributed by atoms with Gasteiger partial charge in [0.05, 0.1) is 12.0 Å². The topological polar surface area (TPSA) is 98.9 Å². The third-order valence-corrected chi connectivity index (χ3v) is 6.22. The number of ether oxygens (including phenoxy) is 2. The van der Waals surface area contributed by atoms with Crippen LogP contribution in [0.5, 0.6) is 0 Å². The van der Waals surface area contributed by atoms with Crippen molar-refractivity contribution < 1.29 is 23.9 Å². The lowest BCUT2D eigenvalue weighted by atomic mass is 9.76. The van der Waals surface area contributed by atoms with Crippen molar-refractivity contribution in [2.45, 2.75) is 64.5 Å². The van der Waals surface area contributed by atoms with E-state index in [1.807, 2.05) is 51.1 Å². The van der Waals surface area contributed by atoms with E-state index >= 15 is 0 Å². The van der Waals surface area contributed by atoms with Gasteiger partial charge in [0.1, 0.15) is 12.2 Å². The van der Waals surface area contributed by atoms with Crippen molar-refractivity contribution >= 4 is 29.7 Å². The summed E-state index contributed by atoms with van der Waals surface area (Å²) in [5.74, 6) is -1.20. The van der Waals surface area contributed by atoms with Crippen molar-refractivity contribution in [2.24, 2.45) is 11.1 Å². The number of nitrogens with two attached hydrogens (primary N) is 1. The van der Waals surface area contributed by atoms with E-state index in [1.165, 1.54) is 4.90 Å². The maximum Gasteiger partial charge on any atom is 0.417 e. The molecule has 1 heterocycles. The van der Waals surface area contributed by atoms with Crippen molar-refractivity contribution in [1.82, 2.24) is 4.90 Å². The van der Waals surface area contributed by atoms with E-state index in [0.717, 1.165) is 5.56 Å². The highest BCUT2D eigenvalue weighted by Crippen LogP contribution is 2.39. The van der Waals surface area contributed by atoms with Gasteiger partial charge in [0, 0.05) is 11.4 Å². The van der Waals surface area contributed by atoms with Crippen LogP contribution in [-0.2, 0) is 20.7 Å². The minimum absolute atomic E-state index is 0.115. The molecule has 1 aliphatic rings. The molecule has 1 unspecified atom stereocenters. The highest BCUT2D eigenvalue weighted by Gasteiger charge is 2.45. The van der Waals surface area contributed by atoms with Gasteiger partial charge in [-0.15, -0.1) is 0 Å². The van der Waals surface area contributed by atoms with Gasteiger partial charge < -0.3 is 15.2 Å². The lowest BCUT2D eigenvalue weighted by molar-refractivity contribution is -0.132. The highest BCUT2D eigenvalue weighted by molar-refractivity contribution is 6.30. The maximum absolute atomic E-state index is 14.0. The van der Waals surface area contributed by atoms with Crippen molar-refractivity contribution in [3.05, 3.63) is 70.7 Å². The smallest absolute Gasteiger partial charge is 0.417 e. The molecule has 35 heavy (non-hydrogen) atoms. The first kappa shape index (κ1) is 26.5. The van der Waals surface area contributed by atoms with Crippen molar-refractivity contribution in [2.75, 3.05) is 6.61 Å². The van der Waals surface area contributed by atoms with Gasteiger partial charge in [-0.05, 0) is 48.4 Å². The third-order valence-electron chi connectivity index (χ3n) is 5.97. The minimum Gasteiger partial charge on any atom is -0.447 e. The molecule has 3 rings (SSSR count). The first-order valence-electron chi connectivity index (χ1n) is 11.6. The summed E-state index contributed by atoms with van der Waals surface area (Å²) in [5, 5.41) is 0.522. The molecular weight excluding hydrogens is 468 g/mol. The van der Waals surface area contributed by atoms with Crippen LogP contribution < -0.4 is 5.73 Å². The van der Waals surface area contributed by atoms with Crippen molar-refractivity contribution in [1.29, 1.82) is 0 Å². The number of carbonyl (C=O) groups excluding carboxylic acids is 3. The number of primary amides is 1. The van der Waals surface area contributed by atoms with E-state index in [1.54, 1.807) is 31.2 Å². The van der Waals surface area contributed by atoms with Crippen LogP contribution in [0, 0.1) is 5.41 Å². The second-order valence-electron chi connectivity index (χ2n) is 10.5. The fourth-order valence-electron chi connectivity index (χ4n) is 4.92. The van der Waals surface area contributed by atoms with Gasteiger partial charge in [-0.1, -0.05) is 74.8 Å². The number of benzene rings is 2. The number of imide groups is 1. The third kappa shape index (κ3) is 7.21. The molecule has 2 aromatic carbocycles. The molecule has 2 N–H and O–H groups in total. The Hall–Kier alpha value is -3.06. The standard InChI is InChI=1S/C27H33ClN2O5/c1-26(2,3)17-27(4,35-24(29)32)15-22(19-10-12-20(28)13-11-19)23(31)30-21(16-34-25(30)33)14-18-8-6-5-7-9-18/h5-13,21-22H,14-17H2,1-4H3,(H2,29,32)/t21-,22?,27+/m0/s1. The van der Waals surface area contributed by atoms with E-state index in [0.29, 0.717) is 23.4 Å². The molecule has 0 bridgehead atoms. The summed E-state index contributed by atoms with van der Waals surface area (Å²) in [4.78, 5) is 39.7. The monoisotopic (exact) mass is 500 g/mol. The van der Waals surface area contributed by atoms with Gasteiger partial charge in [-0.2, -0.15) is 0 Å². The average molecular weight is 501 g/mol. The van der Waals surface area contributed by atoms with Crippen molar-refractivity contribution in [3.63, 3.8) is 0 Å². The van der Waals surface area contributed by atoms with Gasteiger partial charge in [-0.3, -0.25) is 4.79 Å². The number of hydrogen-bond donors (Lipinski definition) is 1. The van der Waals surface area contributed by atoms with E-state index in [2.05, 4.69) is 0 Å². The predicted molar refractivity (Wildman–Crippen MR) is 134 cm³/mol. The van der Waals surface area contributed by atoms with E-state index < -0.39 is 35.7 Å². The molecule has 0 spiro atoms. The number of rotatable bonds is 8. The maximum atomic E-state index is 14.0. The fourth-order valence-corrected chi connectivity index (χ4v) is 5.05. The first-order chi connectivity index (χ1) is 16.4. The second-order valence-corrected chi connectivity index (χ2v) is 11.0. The summed E-state index contributed by atoms with van der Waals surface area (Å²) in [6, 6.07) is 16.1. The number of cyclic esters (lactones) is 1. The molecule has 7 nitrogen and oxygen atoms in total. The molecular formula is C27H33ClN2O5. The molecule has 3 atom stereocenters. The molecule has 3 amide bonds. The average Bonchev–Trinajstić information content (AvgIpc) is 3.11. The Balaban J connectivity index is 1.97. The Kier molecular flexibility index (Phi) is 8.11. The molecule has 0 saturated carbocycles. The number of hydrogen-bond acceptors (Lipinski definition) is 5. The molecule has 0 aromatic heterocycles. The molecule has 2 aromatic rings. The van der Waals surface area contributed by atoms with Crippen LogP contribution in [0.25, 0.3) is 0 Å². The normalized spacial score (nSPS) is 18.5. The number of nitrogens with zero attached hydrogens (tertiary/aromatic N) is 1. The van der Waals surface area contributed by atoms with E-state index in [9.17, 15) is 14.4 Å². The van der Waals surface area contributed by atoms with E-state index in [4.69, 9.17) is 26.8 Å². The zero-order chi connectivity index (χ0) is 25.8. The van der Waals surface area contributed by atoms with Crippen LogP contribution in [0.15, 0.2) is 54.6 Å². The lowest BCUT2D eigenvalue weighted by Gasteiger charge is -2.37. The van der Waals surface area contributed by atoms with Crippen LogP contribution in [-0.4, -0.2) is 41.2 Å². The summed E-state index contributed by atoms with van der Waals surface area (Å²) in [6.45, 7) is 7.93. The van der Waals surface area contributed by atoms with E-state index in [-0.39, 0.29) is 18.4 Å². The quantitative estimate of drug-likeness (QED) is 0.501. The molecule has 1 saturated heterocycles. The Labute approximate surface area is 211 Å². The second kappa shape index (κ2) is 10.7. The van der Waals surface area contributed by atoms with Gasteiger partial charge in [-0.25, -0.2) is 14.5 Å². The molecule has 188 valence electrons. The fraction of sp³-hybridized carbons (Fsp3) is 0.444. The van der Waals surface area contributed by atoms with Gasteiger partial charge in [0.25, 0.3) is 0 Å². The minimum atomic E-state index is -1.05. The summed E-state index contributed by atoms with van der Waals surface area (Å²) in [6.07, 6.45) is -0.527. The Morgan fingerprint density at radius 1 is 1.11 bits per heavy atom. The van der Waals surface area contributed by atoms with Gasteiger partial charge >= 0.3 is 12.2 Å². The molecule has 1 fully saturated rings. The lowest BCUT2D eigenvalue weighted by Crippen LogP contribution is -2.46. The van der Waals surface area contributed by atoms with Crippen LogP contribution in [0.4, 0.5) is 9.59 Å². The number of amides is 3. The van der Waals surface area contributed by atoms with Crippen LogP contribution >= 0.6 is 11.6 Å². The SMILES string of the molecule is CC(C)(C)C[C@@](C)(CC(C(=O)N1C(=O)OC[C@@H]1Cc1ccccc1)c1ccc(Cl)cc1)OC(N)=O. The van der Waals surface area contributed by atoms with Gasteiger partial charge in [0.2, 0.25) is 5.91 Å². The summed E-state index contributed by atoms with van der Waals surface area (Å²) >= 11 is 6.09. The highest BCUT2D eigenvalue weighted by atomic mass is 35.5. The summed E-state index contributed by atoms with van der Waals surface area (Å²) in [5.41, 5.74) is 5.79. The summed E-state index contributed by atoms with van der Waals surface area (Å²) in [7, 11) is 0. The summed E-state index contributed by atoms with van der Waals surface area (Å²) < 4.78 is 10.9.